The van der Waals surface area contributed by atoms with Crippen LogP contribution in [0.1, 0.15) is 11.3 Å². The van der Waals surface area contributed by atoms with E-state index in [1.54, 1.807) is 17.6 Å². The lowest BCUT2D eigenvalue weighted by atomic mass is 10.2. The molecule has 0 amide bonds. The highest BCUT2D eigenvalue weighted by Crippen LogP contribution is 2.28. The first-order valence-corrected chi connectivity index (χ1v) is 6.27. The minimum Gasteiger partial charge on any atom is -0.467 e. The molecule has 0 radical (unpaired) electrons. The van der Waals surface area contributed by atoms with Crippen LogP contribution in [0.2, 0.25) is 0 Å². The van der Waals surface area contributed by atoms with Crippen molar-refractivity contribution in [2.45, 2.75) is 13.5 Å². The van der Waals surface area contributed by atoms with E-state index in [-0.39, 0.29) is 0 Å². The van der Waals surface area contributed by atoms with E-state index in [1.165, 1.54) is 10.3 Å². The van der Waals surface area contributed by atoms with Crippen LogP contribution in [0.25, 0.3) is 10.2 Å². The summed E-state index contributed by atoms with van der Waals surface area (Å²) in [5.41, 5.74) is 2.30. The van der Waals surface area contributed by atoms with Crippen LogP contribution in [0, 0.1) is 6.92 Å². The van der Waals surface area contributed by atoms with Gasteiger partial charge in [-0.2, -0.15) is 0 Å². The Balaban J connectivity index is 1.84. The molecule has 2 aromatic heterocycles. The van der Waals surface area contributed by atoms with Crippen LogP contribution in [0.4, 0.5) is 5.13 Å². The highest BCUT2D eigenvalue weighted by atomic mass is 32.1. The first-order chi connectivity index (χ1) is 8.33. The van der Waals surface area contributed by atoms with Gasteiger partial charge in [-0.1, -0.05) is 23.5 Å². The van der Waals surface area contributed by atoms with Gasteiger partial charge in [0.15, 0.2) is 5.13 Å². The minimum absolute atomic E-state index is 0.672. The van der Waals surface area contributed by atoms with Gasteiger partial charge in [0, 0.05) is 0 Å². The van der Waals surface area contributed by atoms with E-state index in [9.17, 15) is 0 Å². The smallest absolute Gasteiger partial charge is 0.184 e. The number of thiazole rings is 1. The van der Waals surface area contributed by atoms with Crippen LogP contribution in [0.5, 0.6) is 0 Å². The average molecular weight is 244 g/mol. The molecule has 0 bridgehead atoms. The summed E-state index contributed by atoms with van der Waals surface area (Å²) >= 11 is 1.67. The largest absolute Gasteiger partial charge is 0.467 e. The van der Waals surface area contributed by atoms with E-state index in [1.807, 2.05) is 12.1 Å². The molecule has 17 heavy (non-hydrogen) atoms. The second-order valence-electron chi connectivity index (χ2n) is 3.87. The van der Waals surface area contributed by atoms with Crippen LogP contribution in [0.15, 0.2) is 41.0 Å². The summed E-state index contributed by atoms with van der Waals surface area (Å²) in [6.07, 6.45) is 1.68. The molecule has 86 valence electrons. The molecule has 3 nitrogen and oxygen atoms in total. The summed E-state index contributed by atoms with van der Waals surface area (Å²) in [6, 6.07) is 10.1. The second-order valence-corrected chi connectivity index (χ2v) is 4.90. The van der Waals surface area contributed by atoms with Crippen LogP contribution >= 0.6 is 11.3 Å². The number of para-hydroxylation sites is 1. The third kappa shape index (κ3) is 2.03. The Hall–Kier alpha value is -1.81. The van der Waals surface area contributed by atoms with Crippen LogP contribution in [0.3, 0.4) is 0 Å². The van der Waals surface area contributed by atoms with Gasteiger partial charge in [0.25, 0.3) is 0 Å². The summed E-state index contributed by atoms with van der Waals surface area (Å²) in [5.74, 6) is 0.918. The van der Waals surface area contributed by atoms with Crippen molar-refractivity contribution in [3.63, 3.8) is 0 Å². The van der Waals surface area contributed by atoms with Gasteiger partial charge in [0.1, 0.15) is 5.76 Å². The highest BCUT2D eigenvalue weighted by Gasteiger charge is 2.05. The molecule has 0 spiro atoms. The number of nitrogens with one attached hydrogen (secondary N) is 1. The Morgan fingerprint density at radius 3 is 3.00 bits per heavy atom. The van der Waals surface area contributed by atoms with Crippen molar-refractivity contribution in [1.29, 1.82) is 0 Å². The summed E-state index contributed by atoms with van der Waals surface area (Å²) in [6.45, 7) is 2.75. The normalized spacial score (nSPS) is 10.9. The fraction of sp³-hybridized carbons (Fsp3) is 0.154. The van der Waals surface area contributed by atoms with Gasteiger partial charge in [-0.15, -0.1) is 0 Å². The van der Waals surface area contributed by atoms with Gasteiger partial charge in [0.05, 0.1) is 23.0 Å². The molecular formula is C13H12N2OS. The van der Waals surface area contributed by atoms with Crippen molar-refractivity contribution in [3.05, 3.63) is 47.9 Å². The summed E-state index contributed by atoms with van der Waals surface area (Å²) in [7, 11) is 0. The number of rotatable bonds is 3. The number of furan rings is 1. The number of fused-ring (bicyclic) bond motifs is 1. The van der Waals surface area contributed by atoms with Crippen molar-refractivity contribution in [2.24, 2.45) is 0 Å². The maximum atomic E-state index is 5.27. The molecule has 0 atom stereocenters. The Morgan fingerprint density at radius 2 is 2.24 bits per heavy atom. The maximum Gasteiger partial charge on any atom is 0.184 e. The predicted molar refractivity (Wildman–Crippen MR) is 70.4 cm³/mol. The molecule has 0 saturated carbocycles. The van der Waals surface area contributed by atoms with Gasteiger partial charge < -0.3 is 9.73 Å². The fourth-order valence-electron chi connectivity index (χ4n) is 1.74. The Kier molecular flexibility index (Phi) is 2.57. The van der Waals surface area contributed by atoms with Gasteiger partial charge >= 0.3 is 0 Å². The quantitative estimate of drug-likeness (QED) is 0.761. The fourth-order valence-corrected chi connectivity index (χ4v) is 2.68. The van der Waals surface area contributed by atoms with Crippen LogP contribution < -0.4 is 5.32 Å². The molecule has 1 aromatic carbocycles. The van der Waals surface area contributed by atoms with E-state index in [2.05, 4.69) is 35.4 Å². The van der Waals surface area contributed by atoms with Crippen molar-refractivity contribution in [3.8, 4) is 0 Å². The summed E-state index contributed by atoms with van der Waals surface area (Å²) in [5, 5.41) is 4.21. The number of anilines is 1. The average Bonchev–Trinajstić information content (AvgIpc) is 2.95. The molecule has 0 saturated heterocycles. The van der Waals surface area contributed by atoms with E-state index < -0.39 is 0 Å². The molecule has 2 heterocycles. The Labute approximate surface area is 103 Å². The van der Waals surface area contributed by atoms with Gasteiger partial charge in [-0.3, -0.25) is 0 Å². The number of aryl methyl sites for hydroxylation is 1. The molecule has 3 rings (SSSR count). The number of nitrogens with zero attached hydrogens (tertiary/aromatic N) is 1. The predicted octanol–water partition coefficient (Wildman–Crippen LogP) is 3.81. The zero-order valence-corrected chi connectivity index (χ0v) is 10.3. The standard InChI is InChI=1S/C13H12N2OS/c1-9-4-2-6-11-12(9)15-13(17-11)14-8-10-5-3-7-16-10/h2-7H,8H2,1H3,(H,14,15). The van der Waals surface area contributed by atoms with Crippen molar-refractivity contribution < 1.29 is 4.42 Å². The van der Waals surface area contributed by atoms with Gasteiger partial charge in [-0.25, -0.2) is 4.98 Å². The van der Waals surface area contributed by atoms with Crippen molar-refractivity contribution in [2.75, 3.05) is 5.32 Å². The Morgan fingerprint density at radius 1 is 1.29 bits per heavy atom. The highest BCUT2D eigenvalue weighted by molar-refractivity contribution is 7.22. The van der Waals surface area contributed by atoms with Crippen LogP contribution in [-0.2, 0) is 6.54 Å². The molecule has 0 unspecified atom stereocenters. The van der Waals surface area contributed by atoms with E-state index in [0.29, 0.717) is 6.54 Å². The summed E-state index contributed by atoms with van der Waals surface area (Å²) in [4.78, 5) is 4.58. The third-order valence-corrected chi connectivity index (χ3v) is 3.59. The molecule has 0 aliphatic rings. The van der Waals surface area contributed by atoms with E-state index >= 15 is 0 Å². The second kappa shape index (κ2) is 4.22. The monoisotopic (exact) mass is 244 g/mol. The Bertz CT molecular complexity index is 628. The first kappa shape index (κ1) is 10.4. The molecule has 0 aliphatic carbocycles. The number of hydrogen-bond donors (Lipinski definition) is 1. The molecular weight excluding hydrogens is 232 g/mol. The van der Waals surface area contributed by atoms with Crippen molar-refractivity contribution in [1.82, 2.24) is 4.98 Å². The van der Waals surface area contributed by atoms with Crippen LogP contribution in [-0.4, -0.2) is 4.98 Å². The summed E-state index contributed by atoms with van der Waals surface area (Å²) < 4.78 is 6.48. The number of hydrogen-bond acceptors (Lipinski definition) is 4. The van der Waals surface area contributed by atoms with E-state index in [0.717, 1.165) is 16.4 Å². The topological polar surface area (TPSA) is 38.1 Å². The lowest BCUT2D eigenvalue weighted by Crippen LogP contribution is -1.96. The molecule has 3 aromatic rings. The molecule has 1 N–H and O–H groups in total. The number of aromatic nitrogens is 1. The lowest BCUT2D eigenvalue weighted by molar-refractivity contribution is 0.518. The molecule has 0 aliphatic heterocycles. The van der Waals surface area contributed by atoms with Crippen molar-refractivity contribution >= 4 is 26.7 Å². The SMILES string of the molecule is Cc1cccc2sc(NCc3ccco3)nc12. The lowest BCUT2D eigenvalue weighted by Gasteiger charge is -1.97. The maximum absolute atomic E-state index is 5.27. The zero-order valence-electron chi connectivity index (χ0n) is 9.43. The molecule has 4 heteroatoms. The zero-order chi connectivity index (χ0) is 11.7. The third-order valence-electron chi connectivity index (χ3n) is 2.61. The number of benzene rings is 1. The van der Waals surface area contributed by atoms with Gasteiger partial charge in [-0.05, 0) is 30.7 Å². The van der Waals surface area contributed by atoms with E-state index in [4.69, 9.17) is 4.42 Å². The first-order valence-electron chi connectivity index (χ1n) is 5.45. The van der Waals surface area contributed by atoms with Gasteiger partial charge in [0.2, 0.25) is 0 Å². The minimum atomic E-state index is 0.672. The molecule has 0 fully saturated rings.